The van der Waals surface area contributed by atoms with Gasteiger partial charge in [0.2, 0.25) is 0 Å². The molecule has 1 aromatic carbocycles. The lowest BCUT2D eigenvalue weighted by Gasteiger charge is -2.26. The van der Waals surface area contributed by atoms with Crippen molar-refractivity contribution in [3.8, 4) is 11.8 Å². The number of aliphatic carboxylic acids is 7. The molecule has 0 atom stereocenters. The van der Waals surface area contributed by atoms with Gasteiger partial charge in [0, 0.05) is 56.1 Å². The Morgan fingerprint density at radius 2 is 0.893 bits per heavy atom. The summed E-state index contributed by atoms with van der Waals surface area (Å²) in [6.45, 7) is -4.57. The fourth-order valence-corrected chi connectivity index (χ4v) is 5.21. The first kappa shape index (κ1) is 45.9. The topological polar surface area (TPSA) is 311 Å². The van der Waals surface area contributed by atoms with Gasteiger partial charge in [-0.05, 0) is 48.6 Å². The van der Waals surface area contributed by atoms with Crippen molar-refractivity contribution in [2.75, 3.05) is 77.3 Å². The Kier molecular flexibility index (Phi) is 19.3. The van der Waals surface area contributed by atoms with E-state index in [4.69, 9.17) is 17.3 Å². The molecule has 0 saturated carbocycles. The number of benzene rings is 1. The lowest BCUT2D eigenvalue weighted by molar-refractivity contribution is -0.144. The Morgan fingerprint density at radius 3 is 1.27 bits per heavy atom. The minimum absolute atomic E-state index is 0.0798. The zero-order valence-corrected chi connectivity index (χ0v) is 30.6. The van der Waals surface area contributed by atoms with Gasteiger partial charge in [0.15, 0.2) is 5.11 Å². The number of nitrogens with zero attached hydrogens (tertiary/aromatic N) is 5. The van der Waals surface area contributed by atoms with Crippen LogP contribution in [0.25, 0.3) is 0 Å². The first-order valence-corrected chi connectivity index (χ1v) is 16.9. The molecular formula is C34H41N7O14S. The normalized spacial score (nSPS) is 10.9. The minimum atomic E-state index is -1.28. The summed E-state index contributed by atoms with van der Waals surface area (Å²) in [5, 5.41) is 70.3. The van der Waals surface area contributed by atoms with Crippen LogP contribution < -0.4 is 10.6 Å². The molecule has 0 spiro atoms. The molecule has 0 bridgehead atoms. The summed E-state index contributed by atoms with van der Waals surface area (Å²) < 4.78 is 0. The van der Waals surface area contributed by atoms with Gasteiger partial charge in [0.25, 0.3) is 0 Å². The lowest BCUT2D eigenvalue weighted by atomic mass is 10.1. The monoisotopic (exact) mass is 803 g/mol. The first-order valence-electron chi connectivity index (χ1n) is 16.5. The van der Waals surface area contributed by atoms with Crippen molar-refractivity contribution in [1.82, 2.24) is 29.9 Å². The quantitative estimate of drug-likeness (QED) is 0.0410. The predicted molar refractivity (Wildman–Crippen MR) is 198 cm³/mol. The fourth-order valence-electron chi connectivity index (χ4n) is 5.02. The summed E-state index contributed by atoms with van der Waals surface area (Å²) in [6, 6.07) is 9.71. The summed E-state index contributed by atoms with van der Waals surface area (Å²) in [4.78, 5) is 89.1. The molecule has 0 amide bonds. The van der Waals surface area contributed by atoms with Crippen molar-refractivity contribution in [3.63, 3.8) is 0 Å². The van der Waals surface area contributed by atoms with E-state index in [1.165, 1.54) is 9.80 Å². The molecule has 0 radical (unpaired) electrons. The van der Waals surface area contributed by atoms with Crippen LogP contribution in [-0.2, 0) is 46.7 Å². The van der Waals surface area contributed by atoms with E-state index in [0.29, 0.717) is 16.8 Å². The Labute approximate surface area is 324 Å². The maximum atomic E-state index is 11.8. The summed E-state index contributed by atoms with van der Waals surface area (Å²) in [7, 11) is 0. The average Bonchev–Trinajstić information content (AvgIpc) is 3.06. The lowest BCUT2D eigenvalue weighted by Crippen LogP contribution is -2.42. The summed E-state index contributed by atoms with van der Waals surface area (Å²) in [5.41, 5.74) is 1.99. The Morgan fingerprint density at radius 1 is 0.536 bits per heavy atom. The highest BCUT2D eigenvalue weighted by Gasteiger charge is 2.20. The second-order valence-corrected chi connectivity index (χ2v) is 12.5. The highest BCUT2D eigenvalue weighted by atomic mass is 32.1. The number of nitrogens with one attached hydrogen (secondary N) is 2. The number of aromatic nitrogens is 1. The van der Waals surface area contributed by atoms with Gasteiger partial charge >= 0.3 is 41.8 Å². The van der Waals surface area contributed by atoms with Gasteiger partial charge < -0.3 is 46.4 Å². The van der Waals surface area contributed by atoms with Crippen LogP contribution >= 0.6 is 12.2 Å². The van der Waals surface area contributed by atoms with Crippen molar-refractivity contribution in [2.24, 2.45) is 0 Å². The van der Waals surface area contributed by atoms with Crippen LogP contribution in [0.2, 0.25) is 0 Å². The Hall–Kier alpha value is -6.25. The molecule has 2 rings (SSSR count). The minimum Gasteiger partial charge on any atom is -0.480 e. The molecule has 2 aromatic rings. The number of rotatable bonds is 25. The van der Waals surface area contributed by atoms with Crippen molar-refractivity contribution in [2.45, 2.75) is 13.1 Å². The van der Waals surface area contributed by atoms with E-state index in [0.717, 1.165) is 9.80 Å². The number of pyridine rings is 1. The van der Waals surface area contributed by atoms with Gasteiger partial charge in [-0.2, -0.15) is 0 Å². The second kappa shape index (κ2) is 23.5. The average molecular weight is 804 g/mol. The maximum Gasteiger partial charge on any atom is 0.322 e. The van der Waals surface area contributed by atoms with E-state index >= 15 is 0 Å². The fraction of sp³-hybridized carbons (Fsp3) is 0.382. The summed E-state index contributed by atoms with van der Waals surface area (Å²) >= 11 is 5.07. The smallest absolute Gasteiger partial charge is 0.322 e. The molecule has 56 heavy (non-hydrogen) atoms. The molecule has 1 aromatic heterocycles. The first-order chi connectivity index (χ1) is 26.4. The Bertz CT molecular complexity index is 1700. The molecule has 22 heteroatoms. The van der Waals surface area contributed by atoms with E-state index in [2.05, 4.69) is 27.5 Å². The van der Waals surface area contributed by atoms with Gasteiger partial charge in [-0.15, -0.1) is 0 Å². The number of carboxylic acid groups (broad SMARTS) is 7. The van der Waals surface area contributed by atoms with E-state index in [1.54, 1.807) is 36.4 Å². The maximum absolute atomic E-state index is 11.8. The highest BCUT2D eigenvalue weighted by Crippen LogP contribution is 2.13. The van der Waals surface area contributed by atoms with Crippen molar-refractivity contribution in [1.29, 1.82) is 0 Å². The number of carbonyl (C=O) groups is 7. The zero-order valence-electron chi connectivity index (χ0n) is 29.8. The van der Waals surface area contributed by atoms with E-state index < -0.39 is 81.1 Å². The van der Waals surface area contributed by atoms with Crippen molar-refractivity contribution in [3.05, 3.63) is 58.9 Å². The van der Waals surface area contributed by atoms with Crippen molar-refractivity contribution >= 4 is 64.8 Å². The van der Waals surface area contributed by atoms with Gasteiger partial charge in [-0.3, -0.25) is 58.1 Å². The van der Waals surface area contributed by atoms with Crippen LogP contribution in [0.15, 0.2) is 36.4 Å². The number of thiocarbonyl (C=S) groups is 1. The molecule has 302 valence electrons. The molecule has 0 fully saturated rings. The second-order valence-electron chi connectivity index (χ2n) is 12.1. The molecule has 1 heterocycles. The molecular weight excluding hydrogens is 762 g/mol. The number of hydrogen-bond donors (Lipinski definition) is 9. The van der Waals surface area contributed by atoms with Crippen molar-refractivity contribution < 1.29 is 69.3 Å². The molecule has 0 aliphatic heterocycles. The third-order valence-corrected chi connectivity index (χ3v) is 7.46. The van der Waals surface area contributed by atoms with Crippen LogP contribution in [-0.4, -0.2) is 179 Å². The van der Waals surface area contributed by atoms with Crippen LogP contribution in [0.4, 0.5) is 5.69 Å². The van der Waals surface area contributed by atoms with Crippen LogP contribution in [0.5, 0.6) is 0 Å². The van der Waals surface area contributed by atoms with Crippen LogP contribution in [0, 0.1) is 11.8 Å². The number of carboxylic acids is 7. The summed E-state index contributed by atoms with van der Waals surface area (Å²) in [6.07, 6.45) is 0. The van der Waals surface area contributed by atoms with E-state index in [9.17, 15) is 64.2 Å². The van der Waals surface area contributed by atoms with E-state index in [-0.39, 0.29) is 62.3 Å². The van der Waals surface area contributed by atoms with Crippen LogP contribution in [0.3, 0.4) is 0 Å². The molecule has 21 nitrogen and oxygen atoms in total. The Balaban J connectivity index is 2.48. The van der Waals surface area contributed by atoms with Crippen LogP contribution in [0.1, 0.15) is 22.5 Å². The standard InChI is InChI=1S/C34H41N7O14S/c42-27(43)13-35-34(56)37-24-5-3-22(4-6-24)1-2-23-11-25(14-38(16-28(44)45)7-9-40(18-30(48)49)19-31(50)51)36-26(12-23)15-39(17-29(46)47)8-10-41(20-32(52)53)21-33(54)55/h3-6,11-12H,7-10,13-21H2,(H,42,43)(H,44,45)(H,46,47)(H,48,49)(H,50,51)(H,52,53)(H,54,55)(H2,35,37,56). The number of hydrogen-bond acceptors (Lipinski definition) is 13. The van der Waals surface area contributed by atoms with Gasteiger partial charge in [0.05, 0.1) is 50.7 Å². The van der Waals surface area contributed by atoms with Gasteiger partial charge in [0.1, 0.15) is 6.54 Å². The molecule has 0 aliphatic rings. The van der Waals surface area contributed by atoms with E-state index in [1.807, 2.05) is 0 Å². The summed E-state index contributed by atoms with van der Waals surface area (Å²) in [5.74, 6) is -2.73. The van der Waals surface area contributed by atoms with Gasteiger partial charge in [-0.1, -0.05) is 11.8 Å². The molecule has 9 N–H and O–H groups in total. The SMILES string of the molecule is O=C(O)CNC(=S)Nc1ccc(C#Cc2cc(CN(CCN(CC(=O)O)CC(=O)O)CC(=O)O)nc(CN(CCN(CC(=O)O)CC(=O)O)CC(=O)O)c2)cc1. The predicted octanol–water partition coefficient (Wildman–Crippen LogP) is -1.43. The zero-order chi connectivity index (χ0) is 41.8. The number of anilines is 1. The third-order valence-electron chi connectivity index (χ3n) is 7.21. The molecule has 0 aliphatic carbocycles. The largest absolute Gasteiger partial charge is 0.480 e. The molecule has 0 saturated heterocycles. The van der Waals surface area contributed by atoms with Gasteiger partial charge in [-0.25, -0.2) is 0 Å². The highest BCUT2D eigenvalue weighted by molar-refractivity contribution is 7.80. The third kappa shape index (κ3) is 20.3. The molecule has 0 unspecified atom stereocenters.